The molecule has 0 atom stereocenters. The third-order valence-corrected chi connectivity index (χ3v) is 4.67. The number of aromatic nitrogens is 1. The summed E-state index contributed by atoms with van der Waals surface area (Å²) in [5, 5.41) is 14.6. The van der Waals surface area contributed by atoms with Crippen molar-refractivity contribution in [2.45, 2.75) is 6.54 Å². The molecule has 8 heteroatoms. The van der Waals surface area contributed by atoms with Crippen LogP contribution in [-0.4, -0.2) is 30.2 Å². The lowest BCUT2D eigenvalue weighted by Gasteiger charge is -2.12. The maximum Gasteiger partial charge on any atom is 0.265 e. The first kappa shape index (κ1) is 16.8. The molecule has 0 aliphatic heterocycles. The molecule has 7 nitrogen and oxygen atoms in total. The second-order valence-corrected chi connectivity index (χ2v) is 6.12. The van der Waals surface area contributed by atoms with Crippen LogP contribution in [0.4, 0.5) is 0 Å². The summed E-state index contributed by atoms with van der Waals surface area (Å²) in [6, 6.07) is 6.86. The summed E-state index contributed by atoms with van der Waals surface area (Å²) in [6.07, 6.45) is 0. The van der Waals surface area contributed by atoms with Gasteiger partial charge in [-0.1, -0.05) is 0 Å². The Bertz CT molecular complexity index is 992. The van der Waals surface area contributed by atoms with E-state index < -0.39 is 11.5 Å². The fourth-order valence-electron chi connectivity index (χ4n) is 2.49. The van der Waals surface area contributed by atoms with Crippen LogP contribution in [0.25, 0.3) is 10.2 Å². The molecule has 0 fully saturated rings. The Hall–Kier alpha value is -3.00. The first-order chi connectivity index (χ1) is 12.0. The second kappa shape index (κ2) is 6.86. The van der Waals surface area contributed by atoms with Gasteiger partial charge in [-0.05, 0) is 29.6 Å². The predicted octanol–water partition coefficient (Wildman–Crippen LogP) is 2.24. The second-order valence-electron chi connectivity index (χ2n) is 5.20. The number of aromatic amines is 1. The summed E-state index contributed by atoms with van der Waals surface area (Å²) in [7, 11) is 3.06. The molecule has 25 heavy (non-hydrogen) atoms. The maximum absolute atomic E-state index is 12.4. The van der Waals surface area contributed by atoms with Crippen molar-refractivity contribution < 1.29 is 19.4 Å². The van der Waals surface area contributed by atoms with E-state index in [0.717, 1.165) is 0 Å². The molecular formula is C17H16N2O5S. The number of rotatable bonds is 5. The van der Waals surface area contributed by atoms with E-state index in [4.69, 9.17) is 9.47 Å². The van der Waals surface area contributed by atoms with Crippen molar-refractivity contribution in [3.8, 4) is 17.2 Å². The Balaban J connectivity index is 1.88. The van der Waals surface area contributed by atoms with E-state index in [-0.39, 0.29) is 17.9 Å². The van der Waals surface area contributed by atoms with Gasteiger partial charge >= 0.3 is 0 Å². The molecule has 0 aliphatic rings. The number of fused-ring (bicyclic) bond motifs is 1. The van der Waals surface area contributed by atoms with Gasteiger partial charge < -0.3 is 24.9 Å². The lowest BCUT2D eigenvalue weighted by molar-refractivity contribution is 0.0946. The molecule has 1 amide bonds. The van der Waals surface area contributed by atoms with Gasteiger partial charge in [0.2, 0.25) is 0 Å². The van der Waals surface area contributed by atoms with Gasteiger partial charge in [0, 0.05) is 12.1 Å². The van der Waals surface area contributed by atoms with Gasteiger partial charge in [0.05, 0.1) is 24.4 Å². The van der Waals surface area contributed by atoms with Crippen molar-refractivity contribution >= 4 is 27.5 Å². The number of hydrogen-bond acceptors (Lipinski definition) is 6. The van der Waals surface area contributed by atoms with Crippen LogP contribution in [0.2, 0.25) is 0 Å². The van der Waals surface area contributed by atoms with Crippen LogP contribution in [0.5, 0.6) is 17.2 Å². The van der Waals surface area contributed by atoms with Gasteiger partial charge in [-0.15, -0.1) is 11.3 Å². The zero-order chi connectivity index (χ0) is 18.0. The minimum Gasteiger partial charge on any atom is -0.505 e. The zero-order valence-electron chi connectivity index (χ0n) is 13.6. The number of methoxy groups -OCH3 is 2. The Morgan fingerprint density at radius 3 is 2.80 bits per heavy atom. The number of thiophene rings is 1. The SMILES string of the molecule is COc1ccc(OC)c(CNC(=O)c2c(O)c3sccc3[nH]c2=O)c1. The Kier molecular flexibility index (Phi) is 4.62. The van der Waals surface area contributed by atoms with Crippen LogP contribution in [0.1, 0.15) is 15.9 Å². The van der Waals surface area contributed by atoms with E-state index in [0.29, 0.717) is 27.3 Å². The first-order valence-electron chi connectivity index (χ1n) is 7.36. The van der Waals surface area contributed by atoms with Crippen LogP contribution in [0, 0.1) is 0 Å². The van der Waals surface area contributed by atoms with Crippen LogP contribution in [0.3, 0.4) is 0 Å². The van der Waals surface area contributed by atoms with E-state index in [2.05, 4.69) is 10.3 Å². The van der Waals surface area contributed by atoms with Crippen LogP contribution >= 0.6 is 11.3 Å². The molecule has 2 heterocycles. The topological polar surface area (TPSA) is 101 Å². The molecule has 2 aromatic heterocycles. The smallest absolute Gasteiger partial charge is 0.265 e. The monoisotopic (exact) mass is 360 g/mol. The molecule has 0 spiro atoms. The van der Waals surface area contributed by atoms with Crippen molar-refractivity contribution in [2.24, 2.45) is 0 Å². The Labute approximate surface area is 146 Å². The predicted molar refractivity (Wildman–Crippen MR) is 94.8 cm³/mol. The van der Waals surface area contributed by atoms with Crippen molar-refractivity contribution in [1.82, 2.24) is 10.3 Å². The molecule has 3 rings (SSSR count). The van der Waals surface area contributed by atoms with E-state index in [9.17, 15) is 14.7 Å². The van der Waals surface area contributed by atoms with E-state index >= 15 is 0 Å². The number of amides is 1. The molecular weight excluding hydrogens is 344 g/mol. The number of pyridine rings is 1. The average molecular weight is 360 g/mol. The number of carbonyl (C=O) groups is 1. The molecule has 130 valence electrons. The number of ether oxygens (including phenoxy) is 2. The molecule has 0 saturated carbocycles. The van der Waals surface area contributed by atoms with Crippen molar-refractivity contribution in [2.75, 3.05) is 14.2 Å². The number of benzene rings is 1. The summed E-state index contributed by atoms with van der Waals surface area (Å²) < 4.78 is 10.9. The number of carbonyl (C=O) groups excluding carboxylic acids is 1. The number of hydrogen-bond donors (Lipinski definition) is 3. The van der Waals surface area contributed by atoms with E-state index in [1.807, 2.05) is 0 Å². The van der Waals surface area contributed by atoms with Gasteiger partial charge in [0.1, 0.15) is 17.1 Å². The number of H-pyrrole nitrogens is 1. The quantitative estimate of drug-likeness (QED) is 0.648. The largest absolute Gasteiger partial charge is 0.505 e. The molecule has 3 aromatic rings. The zero-order valence-corrected chi connectivity index (χ0v) is 14.4. The molecule has 3 N–H and O–H groups in total. The van der Waals surface area contributed by atoms with E-state index in [1.54, 1.807) is 29.6 Å². The molecule has 0 radical (unpaired) electrons. The average Bonchev–Trinajstić information content (AvgIpc) is 3.08. The highest BCUT2D eigenvalue weighted by molar-refractivity contribution is 7.17. The third kappa shape index (κ3) is 3.16. The third-order valence-electron chi connectivity index (χ3n) is 3.75. The summed E-state index contributed by atoms with van der Waals surface area (Å²) in [6.45, 7) is 0.112. The van der Waals surface area contributed by atoms with E-state index in [1.165, 1.54) is 25.6 Å². The summed E-state index contributed by atoms with van der Waals surface area (Å²) in [4.78, 5) is 27.1. The number of nitrogens with one attached hydrogen (secondary N) is 2. The normalized spacial score (nSPS) is 10.6. The Morgan fingerprint density at radius 1 is 1.28 bits per heavy atom. The van der Waals surface area contributed by atoms with Gasteiger partial charge in [-0.3, -0.25) is 9.59 Å². The highest BCUT2D eigenvalue weighted by atomic mass is 32.1. The van der Waals surface area contributed by atoms with Crippen LogP contribution in [0.15, 0.2) is 34.4 Å². The van der Waals surface area contributed by atoms with Crippen LogP contribution < -0.4 is 20.3 Å². The fraction of sp³-hybridized carbons (Fsp3) is 0.176. The summed E-state index contributed by atoms with van der Waals surface area (Å²) in [5.41, 5.74) is 0.233. The lowest BCUT2D eigenvalue weighted by Crippen LogP contribution is -2.29. The minimum atomic E-state index is -0.668. The van der Waals surface area contributed by atoms with Gasteiger partial charge in [-0.2, -0.15) is 0 Å². The van der Waals surface area contributed by atoms with Gasteiger partial charge in [0.15, 0.2) is 5.75 Å². The highest BCUT2D eigenvalue weighted by Crippen LogP contribution is 2.29. The van der Waals surface area contributed by atoms with Crippen molar-refractivity contribution in [3.05, 3.63) is 51.1 Å². The number of aromatic hydroxyl groups is 1. The van der Waals surface area contributed by atoms with Gasteiger partial charge in [-0.25, -0.2) is 0 Å². The lowest BCUT2D eigenvalue weighted by atomic mass is 10.1. The fourth-order valence-corrected chi connectivity index (χ4v) is 3.29. The van der Waals surface area contributed by atoms with Crippen LogP contribution in [-0.2, 0) is 6.54 Å². The molecule has 0 bridgehead atoms. The summed E-state index contributed by atoms with van der Waals surface area (Å²) >= 11 is 1.24. The molecule has 1 aromatic carbocycles. The molecule has 0 aliphatic carbocycles. The van der Waals surface area contributed by atoms with Gasteiger partial charge in [0.25, 0.3) is 11.5 Å². The Morgan fingerprint density at radius 2 is 2.08 bits per heavy atom. The summed E-state index contributed by atoms with van der Waals surface area (Å²) in [5.74, 6) is 0.210. The molecule has 0 unspecified atom stereocenters. The van der Waals surface area contributed by atoms with Crippen molar-refractivity contribution in [3.63, 3.8) is 0 Å². The van der Waals surface area contributed by atoms with Crippen molar-refractivity contribution in [1.29, 1.82) is 0 Å². The molecule has 0 saturated heterocycles. The maximum atomic E-state index is 12.4. The minimum absolute atomic E-state index is 0.112. The highest BCUT2D eigenvalue weighted by Gasteiger charge is 2.20. The standard InChI is InChI=1S/C17H16N2O5S/c1-23-10-3-4-12(24-2)9(7-10)8-18-16(21)13-14(20)15-11(5-6-25-15)19-17(13)22/h3-7H,8H2,1-2H3,(H,18,21)(H2,19,20,22). The first-order valence-corrected chi connectivity index (χ1v) is 8.24.